The average Bonchev–Trinajstić information content (AvgIpc) is 2.32. The molecule has 0 N–H and O–H groups in total. The lowest BCUT2D eigenvalue weighted by Crippen LogP contribution is -2.03. The molecule has 0 atom stereocenters. The van der Waals surface area contributed by atoms with Gasteiger partial charge in [0.2, 0.25) is 0 Å². The highest BCUT2D eigenvalue weighted by Gasteiger charge is 2.13. The van der Waals surface area contributed by atoms with E-state index in [-0.39, 0.29) is 23.5 Å². The first kappa shape index (κ1) is 16.3. The molecule has 0 saturated carbocycles. The molecule has 1 aromatic rings. The zero-order chi connectivity index (χ0) is 14.3. The molecular formula is C12H11Cl3F2O2. The molecule has 0 unspecified atom stereocenters. The largest absolute Gasteiger partial charge is 0.489 e. The van der Waals surface area contributed by atoms with E-state index >= 15 is 0 Å². The van der Waals surface area contributed by atoms with Crippen LogP contribution < -0.4 is 9.47 Å². The van der Waals surface area contributed by atoms with E-state index in [2.05, 4.69) is 0 Å². The average molecular weight is 332 g/mol. The quantitative estimate of drug-likeness (QED) is 0.534. The van der Waals surface area contributed by atoms with E-state index in [1.165, 1.54) is 6.08 Å². The Morgan fingerprint density at radius 2 is 1.79 bits per heavy atom. The molecule has 106 valence electrons. The molecule has 1 rings (SSSR count). The van der Waals surface area contributed by atoms with Crippen LogP contribution in [0.5, 0.6) is 11.5 Å². The maximum atomic E-state index is 13.6. The minimum absolute atomic E-state index is 0.00760. The van der Waals surface area contributed by atoms with Crippen molar-refractivity contribution in [2.24, 2.45) is 0 Å². The fourth-order valence-electron chi connectivity index (χ4n) is 1.19. The molecule has 2 nitrogen and oxygen atoms in total. The second kappa shape index (κ2) is 8.46. The first-order valence-electron chi connectivity index (χ1n) is 5.36. The number of halogens is 5. The third-order valence-electron chi connectivity index (χ3n) is 1.98. The molecule has 1 aromatic carbocycles. The summed E-state index contributed by atoms with van der Waals surface area (Å²) >= 11 is 16.2. The summed E-state index contributed by atoms with van der Waals surface area (Å²) in [4.78, 5) is 0. The summed E-state index contributed by atoms with van der Waals surface area (Å²) < 4.78 is 37.2. The van der Waals surface area contributed by atoms with Gasteiger partial charge in [-0.1, -0.05) is 23.2 Å². The molecule has 0 saturated heterocycles. The monoisotopic (exact) mass is 330 g/mol. The molecule has 19 heavy (non-hydrogen) atoms. The molecule has 0 bridgehead atoms. The number of alkyl halides is 1. The van der Waals surface area contributed by atoms with E-state index in [4.69, 9.17) is 44.3 Å². The van der Waals surface area contributed by atoms with Gasteiger partial charge < -0.3 is 9.47 Å². The first-order valence-corrected chi connectivity index (χ1v) is 6.65. The van der Waals surface area contributed by atoms with Gasteiger partial charge in [-0.3, -0.25) is 0 Å². The van der Waals surface area contributed by atoms with Crippen molar-refractivity contribution < 1.29 is 18.3 Å². The van der Waals surface area contributed by atoms with E-state index in [1.807, 2.05) is 0 Å². The molecule has 0 aliphatic rings. The van der Waals surface area contributed by atoms with E-state index < -0.39 is 17.4 Å². The molecule has 0 amide bonds. The Morgan fingerprint density at radius 3 is 2.32 bits per heavy atom. The van der Waals surface area contributed by atoms with E-state index in [0.717, 1.165) is 12.1 Å². The number of rotatable bonds is 7. The Bertz CT molecular complexity index is 426. The highest BCUT2D eigenvalue weighted by Crippen LogP contribution is 2.27. The van der Waals surface area contributed by atoms with Crippen LogP contribution in [0.2, 0.25) is 0 Å². The van der Waals surface area contributed by atoms with Gasteiger partial charge in [0.1, 0.15) is 16.8 Å². The van der Waals surface area contributed by atoms with Crippen molar-refractivity contribution in [1.29, 1.82) is 0 Å². The van der Waals surface area contributed by atoms with Gasteiger partial charge in [-0.05, 0) is 12.5 Å². The van der Waals surface area contributed by atoms with Crippen LogP contribution in [0.3, 0.4) is 0 Å². The van der Waals surface area contributed by atoms with Crippen LogP contribution in [0, 0.1) is 11.6 Å². The number of hydrogen-bond acceptors (Lipinski definition) is 2. The van der Waals surface area contributed by atoms with Gasteiger partial charge in [-0.25, -0.2) is 8.78 Å². The van der Waals surface area contributed by atoms with Crippen molar-refractivity contribution in [3.05, 3.63) is 34.3 Å². The summed E-state index contributed by atoms with van der Waals surface area (Å²) in [5.74, 6) is -1.75. The lowest BCUT2D eigenvalue weighted by atomic mass is 10.3. The van der Waals surface area contributed by atoms with Gasteiger partial charge in [-0.2, -0.15) is 0 Å². The van der Waals surface area contributed by atoms with Gasteiger partial charge in [0.15, 0.2) is 17.4 Å². The molecule has 0 aromatic heterocycles. The maximum Gasteiger partial charge on any atom is 0.190 e. The predicted molar refractivity (Wildman–Crippen MR) is 72.5 cm³/mol. The van der Waals surface area contributed by atoms with E-state index in [1.54, 1.807) is 0 Å². The van der Waals surface area contributed by atoms with Gasteiger partial charge >= 0.3 is 0 Å². The lowest BCUT2D eigenvalue weighted by Gasteiger charge is -2.10. The number of ether oxygens (including phenoxy) is 2. The minimum Gasteiger partial charge on any atom is -0.489 e. The van der Waals surface area contributed by atoms with Gasteiger partial charge in [-0.15, -0.1) is 11.6 Å². The summed E-state index contributed by atoms with van der Waals surface area (Å²) in [5.41, 5.74) is 0. The van der Waals surface area contributed by atoms with Crippen molar-refractivity contribution in [2.75, 3.05) is 19.1 Å². The number of benzene rings is 1. The van der Waals surface area contributed by atoms with Crippen molar-refractivity contribution in [1.82, 2.24) is 0 Å². The lowest BCUT2D eigenvalue weighted by molar-refractivity contribution is 0.281. The molecule has 0 aliphatic heterocycles. The molecule has 0 fully saturated rings. The maximum absolute atomic E-state index is 13.6. The molecule has 7 heteroatoms. The highest BCUT2D eigenvalue weighted by molar-refractivity contribution is 6.55. The highest BCUT2D eigenvalue weighted by atomic mass is 35.5. The first-order chi connectivity index (χ1) is 9.04. The molecule has 0 heterocycles. The standard InChI is InChI=1S/C12H11Cl3F2O2/c13-3-1-4-19-12-9(16)6-8(7-10(12)17)18-5-2-11(14)15/h2,6-7H,1,3-5H2. The Morgan fingerprint density at radius 1 is 1.16 bits per heavy atom. The van der Waals surface area contributed by atoms with E-state index in [0.29, 0.717) is 12.3 Å². The number of hydrogen-bond donors (Lipinski definition) is 0. The molecule has 0 radical (unpaired) electrons. The van der Waals surface area contributed by atoms with Gasteiger partial charge in [0, 0.05) is 18.0 Å². The Kier molecular flexibility index (Phi) is 7.28. The van der Waals surface area contributed by atoms with Crippen LogP contribution in [0.15, 0.2) is 22.7 Å². The summed E-state index contributed by atoms with van der Waals surface area (Å²) in [6, 6.07) is 2.05. The zero-order valence-electron chi connectivity index (χ0n) is 9.77. The molecule has 0 spiro atoms. The van der Waals surface area contributed by atoms with Crippen molar-refractivity contribution >= 4 is 34.8 Å². The van der Waals surface area contributed by atoms with Gasteiger partial charge in [0.25, 0.3) is 0 Å². The fourth-order valence-corrected chi connectivity index (χ4v) is 1.42. The third kappa shape index (κ3) is 5.85. The minimum atomic E-state index is -0.842. The fraction of sp³-hybridized carbons (Fsp3) is 0.333. The van der Waals surface area contributed by atoms with Crippen molar-refractivity contribution in [2.45, 2.75) is 6.42 Å². The summed E-state index contributed by atoms with van der Waals surface area (Å²) in [6.45, 7) is 0.149. The predicted octanol–water partition coefficient (Wildman–Crippen LogP) is 4.67. The third-order valence-corrected chi connectivity index (χ3v) is 2.56. The van der Waals surface area contributed by atoms with Crippen LogP contribution >= 0.6 is 34.8 Å². The van der Waals surface area contributed by atoms with Crippen LogP contribution in [-0.2, 0) is 0 Å². The van der Waals surface area contributed by atoms with E-state index in [9.17, 15) is 8.78 Å². The topological polar surface area (TPSA) is 18.5 Å². The normalized spacial score (nSPS) is 10.2. The van der Waals surface area contributed by atoms with Crippen LogP contribution in [0.25, 0.3) is 0 Å². The van der Waals surface area contributed by atoms with Gasteiger partial charge in [0.05, 0.1) is 6.61 Å². The summed E-state index contributed by atoms with van der Waals surface area (Å²) in [6.07, 6.45) is 1.85. The molecule has 0 aliphatic carbocycles. The summed E-state index contributed by atoms with van der Waals surface area (Å²) in [7, 11) is 0. The van der Waals surface area contributed by atoms with Crippen molar-refractivity contribution in [3.8, 4) is 11.5 Å². The second-order valence-corrected chi connectivity index (χ2v) is 4.80. The Hall–Kier alpha value is -0.710. The SMILES string of the molecule is Fc1cc(OCC=C(Cl)Cl)cc(F)c1OCCCCl. The van der Waals surface area contributed by atoms with Crippen LogP contribution in [0.4, 0.5) is 8.78 Å². The van der Waals surface area contributed by atoms with Crippen LogP contribution in [-0.4, -0.2) is 19.1 Å². The van der Waals surface area contributed by atoms with Crippen LogP contribution in [0.1, 0.15) is 6.42 Å². The Balaban J connectivity index is 2.70. The zero-order valence-corrected chi connectivity index (χ0v) is 12.0. The second-order valence-electron chi connectivity index (χ2n) is 3.41. The summed E-state index contributed by atoms with van der Waals surface area (Å²) in [5, 5.41) is 0. The van der Waals surface area contributed by atoms with Crippen molar-refractivity contribution in [3.63, 3.8) is 0 Å². The smallest absolute Gasteiger partial charge is 0.190 e. The molecular weight excluding hydrogens is 320 g/mol. The Labute approximate surface area is 124 Å².